The van der Waals surface area contributed by atoms with E-state index in [-0.39, 0.29) is 19.3 Å². The predicted molar refractivity (Wildman–Crippen MR) is 115 cm³/mol. The van der Waals surface area contributed by atoms with Crippen LogP contribution in [0.1, 0.15) is 65.0 Å². The summed E-state index contributed by atoms with van der Waals surface area (Å²) in [5, 5.41) is 0. The van der Waals surface area contributed by atoms with E-state index in [4.69, 9.17) is 14.2 Å². The molecule has 1 amide bonds. The molecule has 0 bridgehead atoms. The lowest BCUT2D eigenvalue weighted by Crippen LogP contribution is -2.49. The summed E-state index contributed by atoms with van der Waals surface area (Å²) in [6, 6.07) is 7.57. The van der Waals surface area contributed by atoms with Crippen LogP contribution in [0.2, 0.25) is 0 Å². The predicted octanol–water partition coefficient (Wildman–Crippen LogP) is 3.72. The normalized spacial score (nSPS) is 18.9. The second kappa shape index (κ2) is 8.52. The zero-order chi connectivity index (χ0) is 22.9. The first-order valence-corrected chi connectivity index (χ1v) is 11.0. The first kappa shape index (κ1) is 23.1. The highest BCUT2D eigenvalue weighted by Crippen LogP contribution is 2.55. The van der Waals surface area contributed by atoms with E-state index in [0.717, 1.165) is 5.56 Å². The van der Waals surface area contributed by atoms with Gasteiger partial charge in [-0.3, -0.25) is 9.59 Å². The van der Waals surface area contributed by atoms with Crippen molar-refractivity contribution in [2.24, 2.45) is 0 Å². The summed E-state index contributed by atoms with van der Waals surface area (Å²) >= 11 is 0. The monoisotopic (exact) mass is 431 g/mol. The number of benzene rings is 1. The zero-order valence-corrected chi connectivity index (χ0v) is 19.2. The van der Waals surface area contributed by atoms with Crippen LogP contribution in [0, 0.1) is 0 Å². The van der Waals surface area contributed by atoms with E-state index in [2.05, 4.69) is 0 Å². The smallest absolute Gasteiger partial charge is 0.410 e. The Balaban J connectivity index is 1.95. The number of hydrogen-bond donors (Lipinski definition) is 0. The van der Waals surface area contributed by atoms with Crippen molar-refractivity contribution in [1.82, 2.24) is 4.90 Å². The Morgan fingerprint density at radius 1 is 0.935 bits per heavy atom. The highest BCUT2D eigenvalue weighted by atomic mass is 16.6. The Hall–Kier alpha value is -2.57. The van der Waals surface area contributed by atoms with Crippen LogP contribution in [0.25, 0.3) is 0 Å². The third-order valence-corrected chi connectivity index (χ3v) is 6.18. The van der Waals surface area contributed by atoms with Crippen molar-refractivity contribution in [3.05, 3.63) is 35.4 Å². The van der Waals surface area contributed by atoms with E-state index in [0.29, 0.717) is 37.9 Å². The summed E-state index contributed by atoms with van der Waals surface area (Å²) in [6.45, 7) is 10.3. The number of carbonyl (C=O) groups is 3. The summed E-state index contributed by atoms with van der Waals surface area (Å²) in [4.78, 5) is 40.6. The summed E-state index contributed by atoms with van der Waals surface area (Å²) in [5.74, 6) is -1.13. The van der Waals surface area contributed by atoms with Crippen LogP contribution in [-0.2, 0) is 34.6 Å². The number of hydrogen-bond acceptors (Lipinski definition) is 6. The van der Waals surface area contributed by atoms with Gasteiger partial charge in [0, 0.05) is 18.5 Å². The van der Waals surface area contributed by atoms with Crippen molar-refractivity contribution in [3.63, 3.8) is 0 Å². The van der Waals surface area contributed by atoms with Gasteiger partial charge in [-0.05, 0) is 65.0 Å². The lowest BCUT2D eigenvalue weighted by Gasteiger charge is -2.41. The zero-order valence-electron chi connectivity index (χ0n) is 19.2. The number of esters is 2. The number of rotatable bonds is 4. The van der Waals surface area contributed by atoms with Crippen molar-refractivity contribution < 1.29 is 28.6 Å². The summed E-state index contributed by atoms with van der Waals surface area (Å²) < 4.78 is 16.3. The minimum absolute atomic E-state index is 0.182. The van der Waals surface area contributed by atoms with Crippen LogP contribution in [0.15, 0.2) is 24.3 Å². The molecule has 1 aromatic carbocycles. The summed E-state index contributed by atoms with van der Waals surface area (Å²) in [6.07, 6.45) is 1.21. The van der Waals surface area contributed by atoms with Crippen LogP contribution in [0.4, 0.5) is 4.79 Å². The van der Waals surface area contributed by atoms with Gasteiger partial charge < -0.3 is 19.1 Å². The minimum Gasteiger partial charge on any atom is -0.465 e. The molecule has 3 rings (SSSR count). The van der Waals surface area contributed by atoms with E-state index >= 15 is 0 Å². The fourth-order valence-electron chi connectivity index (χ4n) is 4.86. The van der Waals surface area contributed by atoms with Gasteiger partial charge in [0.2, 0.25) is 0 Å². The van der Waals surface area contributed by atoms with E-state index < -0.39 is 28.4 Å². The van der Waals surface area contributed by atoms with Crippen molar-refractivity contribution in [3.8, 4) is 0 Å². The number of nitrogens with zero attached hydrogens (tertiary/aromatic N) is 1. The van der Waals surface area contributed by atoms with Gasteiger partial charge in [-0.25, -0.2) is 4.79 Å². The molecule has 1 aromatic rings. The molecule has 0 N–H and O–H groups in total. The maximum Gasteiger partial charge on any atom is 0.410 e. The molecule has 1 aliphatic carbocycles. The Labute approximate surface area is 184 Å². The molecule has 1 saturated heterocycles. The minimum atomic E-state index is -1.48. The largest absolute Gasteiger partial charge is 0.465 e. The third-order valence-electron chi connectivity index (χ3n) is 6.18. The molecule has 2 aliphatic rings. The van der Waals surface area contributed by atoms with Crippen LogP contribution in [0.5, 0.6) is 0 Å². The Morgan fingerprint density at radius 2 is 1.45 bits per heavy atom. The first-order valence-electron chi connectivity index (χ1n) is 11.0. The van der Waals surface area contributed by atoms with Gasteiger partial charge in [-0.1, -0.05) is 24.3 Å². The van der Waals surface area contributed by atoms with Crippen LogP contribution < -0.4 is 0 Å². The molecule has 31 heavy (non-hydrogen) atoms. The van der Waals surface area contributed by atoms with Gasteiger partial charge in [0.1, 0.15) is 5.60 Å². The van der Waals surface area contributed by atoms with Gasteiger partial charge in [0.15, 0.2) is 5.41 Å². The highest BCUT2D eigenvalue weighted by Gasteiger charge is 2.62. The average molecular weight is 432 g/mol. The van der Waals surface area contributed by atoms with Crippen molar-refractivity contribution in [2.45, 2.75) is 70.3 Å². The van der Waals surface area contributed by atoms with Gasteiger partial charge in [0.05, 0.1) is 13.2 Å². The highest BCUT2D eigenvalue weighted by molar-refractivity contribution is 6.08. The van der Waals surface area contributed by atoms with Crippen molar-refractivity contribution in [1.29, 1.82) is 0 Å². The van der Waals surface area contributed by atoms with E-state index in [1.807, 2.05) is 45.0 Å². The molecular formula is C24H33NO6. The molecule has 1 spiro atoms. The fraction of sp³-hybridized carbons (Fsp3) is 0.625. The lowest BCUT2D eigenvalue weighted by molar-refractivity contribution is -0.165. The molecule has 0 radical (unpaired) electrons. The Bertz CT molecular complexity index is 830. The van der Waals surface area contributed by atoms with E-state index in [1.54, 1.807) is 18.7 Å². The SMILES string of the molecule is CCOC(=O)C1(C(=O)OCC)CC2(CCN(C(=O)OC(C)(C)C)CC2)c2ccccc21. The fourth-order valence-corrected chi connectivity index (χ4v) is 4.86. The molecule has 0 atom stereocenters. The second-order valence-corrected chi connectivity index (χ2v) is 9.32. The van der Waals surface area contributed by atoms with Gasteiger partial charge in [-0.15, -0.1) is 0 Å². The molecule has 0 aromatic heterocycles. The van der Waals surface area contributed by atoms with Gasteiger partial charge >= 0.3 is 18.0 Å². The second-order valence-electron chi connectivity index (χ2n) is 9.32. The number of fused-ring (bicyclic) bond motifs is 2. The van der Waals surface area contributed by atoms with Crippen LogP contribution in [-0.4, -0.2) is 54.8 Å². The van der Waals surface area contributed by atoms with Crippen molar-refractivity contribution >= 4 is 18.0 Å². The molecule has 1 fully saturated rings. The molecule has 1 heterocycles. The molecule has 170 valence electrons. The van der Waals surface area contributed by atoms with E-state index in [9.17, 15) is 14.4 Å². The van der Waals surface area contributed by atoms with Crippen molar-refractivity contribution in [2.75, 3.05) is 26.3 Å². The molecule has 0 saturated carbocycles. The van der Waals surface area contributed by atoms with Gasteiger partial charge in [0.25, 0.3) is 0 Å². The standard InChI is InChI=1S/C24H33NO6/c1-6-29-19(26)24(20(27)30-7-2)16-23(17-10-8-9-11-18(17)24)12-14-25(15-13-23)21(28)31-22(3,4)5/h8-11H,6-7,12-16H2,1-5H3. The first-order chi connectivity index (χ1) is 14.6. The Morgan fingerprint density at radius 3 is 1.94 bits per heavy atom. The lowest BCUT2D eigenvalue weighted by atomic mass is 9.71. The number of likely N-dealkylation sites (tertiary alicyclic amines) is 1. The number of ether oxygens (including phenoxy) is 3. The average Bonchev–Trinajstić information content (AvgIpc) is 2.99. The Kier molecular flexibility index (Phi) is 6.35. The number of amides is 1. The van der Waals surface area contributed by atoms with Crippen LogP contribution in [0.3, 0.4) is 0 Å². The summed E-state index contributed by atoms with van der Waals surface area (Å²) in [7, 11) is 0. The molecule has 7 heteroatoms. The van der Waals surface area contributed by atoms with E-state index in [1.165, 1.54) is 0 Å². The quantitative estimate of drug-likeness (QED) is 0.411. The molecular weight excluding hydrogens is 398 g/mol. The topological polar surface area (TPSA) is 82.1 Å². The summed E-state index contributed by atoms with van der Waals surface area (Å²) in [5.41, 5.74) is -0.807. The molecule has 1 aliphatic heterocycles. The number of carbonyl (C=O) groups excluding carboxylic acids is 3. The van der Waals surface area contributed by atoms with Gasteiger partial charge in [-0.2, -0.15) is 0 Å². The maximum atomic E-state index is 13.2. The maximum absolute atomic E-state index is 13.2. The number of piperidine rings is 1. The molecule has 7 nitrogen and oxygen atoms in total. The van der Waals surface area contributed by atoms with Crippen LogP contribution >= 0.6 is 0 Å². The molecule has 0 unspecified atom stereocenters. The third kappa shape index (κ3) is 4.14.